The van der Waals surface area contributed by atoms with Crippen molar-refractivity contribution < 1.29 is 0 Å². The molecule has 0 spiro atoms. The maximum Gasteiger partial charge on any atom is -0.0171 e. The number of rotatable bonds is 2. The van der Waals surface area contributed by atoms with Crippen molar-refractivity contribution in [1.82, 2.24) is 0 Å². The molecule has 0 N–H and O–H groups in total. The summed E-state index contributed by atoms with van der Waals surface area (Å²) >= 11 is 0. The molecule has 0 heteroatoms. The van der Waals surface area contributed by atoms with Crippen LogP contribution in [0.2, 0.25) is 0 Å². The van der Waals surface area contributed by atoms with Gasteiger partial charge in [0, 0.05) is 0 Å². The highest BCUT2D eigenvalue weighted by molar-refractivity contribution is 5.10. The van der Waals surface area contributed by atoms with Crippen LogP contribution in [0.4, 0.5) is 0 Å². The van der Waals surface area contributed by atoms with Gasteiger partial charge in [0.2, 0.25) is 0 Å². The first kappa shape index (κ1) is 17.0. The van der Waals surface area contributed by atoms with E-state index >= 15 is 0 Å². The Balaban J connectivity index is 0.000000200. The Bertz CT molecular complexity index is 366. The van der Waals surface area contributed by atoms with Gasteiger partial charge in [-0.2, -0.15) is 0 Å². The molecule has 0 saturated carbocycles. The molecule has 0 amide bonds. The monoisotopic (exact) mass is 272 g/mol. The van der Waals surface area contributed by atoms with Gasteiger partial charge in [-0.3, -0.25) is 0 Å². The Kier molecular flexibility index (Phi) is 7.05. The second-order valence-corrected chi connectivity index (χ2v) is 6.74. The normalized spacial score (nSPS) is 25.8. The van der Waals surface area contributed by atoms with Crippen molar-refractivity contribution in [3.63, 3.8) is 0 Å². The second-order valence-electron chi connectivity index (χ2n) is 6.74. The van der Waals surface area contributed by atoms with Crippen LogP contribution in [0.1, 0.15) is 66.2 Å². The minimum Gasteiger partial charge on any atom is -0.0998 e. The standard InChI is InChI=1S/2C10H16/c2*1-8(2)10-6-4-9(3)5-7-10/h2*4,10H,1,5-7H2,2-3H3/t2*10-/m00/s1. The third-order valence-electron chi connectivity index (χ3n) is 4.67. The first-order valence-corrected chi connectivity index (χ1v) is 8.02. The second kappa shape index (κ2) is 8.29. The van der Waals surface area contributed by atoms with E-state index in [1.165, 1.54) is 49.7 Å². The summed E-state index contributed by atoms with van der Waals surface area (Å²) in [6, 6.07) is 0. The van der Waals surface area contributed by atoms with Gasteiger partial charge in [0.05, 0.1) is 0 Å². The molecule has 0 aromatic carbocycles. The lowest BCUT2D eigenvalue weighted by atomic mass is 9.86. The maximum atomic E-state index is 3.97. The molecule has 0 aliphatic heterocycles. The Morgan fingerprint density at radius 2 is 1.20 bits per heavy atom. The van der Waals surface area contributed by atoms with Gasteiger partial charge >= 0.3 is 0 Å². The lowest BCUT2D eigenvalue weighted by Gasteiger charge is -2.19. The Morgan fingerprint density at radius 1 is 0.850 bits per heavy atom. The summed E-state index contributed by atoms with van der Waals surface area (Å²) in [5, 5.41) is 0. The van der Waals surface area contributed by atoms with Gasteiger partial charge in [-0.1, -0.05) is 47.6 Å². The summed E-state index contributed by atoms with van der Waals surface area (Å²) in [6.45, 7) is 16.7. The Morgan fingerprint density at radius 3 is 1.40 bits per heavy atom. The van der Waals surface area contributed by atoms with E-state index in [2.05, 4.69) is 53.0 Å². The first-order chi connectivity index (χ1) is 9.40. The largest absolute Gasteiger partial charge is 0.0998 e. The zero-order valence-electron chi connectivity index (χ0n) is 14.0. The highest BCUT2D eigenvalue weighted by Crippen LogP contribution is 2.28. The molecule has 2 aliphatic rings. The van der Waals surface area contributed by atoms with Crippen LogP contribution in [0.3, 0.4) is 0 Å². The summed E-state index contributed by atoms with van der Waals surface area (Å²) in [6.07, 6.45) is 12.3. The van der Waals surface area contributed by atoms with Crippen LogP contribution in [0.15, 0.2) is 47.6 Å². The average molecular weight is 272 g/mol. The summed E-state index contributed by atoms with van der Waals surface area (Å²) in [5.41, 5.74) is 5.81. The number of allylic oxidation sites excluding steroid dienone is 6. The van der Waals surface area contributed by atoms with E-state index in [1.54, 1.807) is 11.1 Å². The van der Waals surface area contributed by atoms with Gasteiger partial charge in [-0.25, -0.2) is 0 Å². The van der Waals surface area contributed by atoms with E-state index in [0.717, 1.165) is 11.8 Å². The molecule has 0 saturated heterocycles. The van der Waals surface area contributed by atoms with Crippen LogP contribution in [-0.2, 0) is 0 Å². The van der Waals surface area contributed by atoms with Gasteiger partial charge in [0.15, 0.2) is 0 Å². The van der Waals surface area contributed by atoms with Crippen molar-refractivity contribution in [3.05, 3.63) is 47.6 Å². The van der Waals surface area contributed by atoms with E-state index in [1.807, 2.05) is 0 Å². The van der Waals surface area contributed by atoms with Gasteiger partial charge in [0.1, 0.15) is 0 Å². The Hall–Kier alpha value is -1.04. The molecular formula is C20H32. The van der Waals surface area contributed by atoms with Crippen molar-refractivity contribution in [2.45, 2.75) is 66.2 Å². The van der Waals surface area contributed by atoms with E-state index < -0.39 is 0 Å². The van der Waals surface area contributed by atoms with Gasteiger partial charge in [0.25, 0.3) is 0 Å². The molecule has 0 aromatic rings. The SMILES string of the molecule is C=C(C)[C@H]1CC=C(C)CC1.C=C(C)[C@H]1CC=C(C)CC1. The third-order valence-corrected chi connectivity index (χ3v) is 4.67. The zero-order valence-corrected chi connectivity index (χ0v) is 14.0. The quantitative estimate of drug-likeness (QED) is 0.496. The minimum absolute atomic E-state index is 0.767. The highest BCUT2D eigenvalue weighted by atomic mass is 14.2. The predicted molar refractivity (Wildman–Crippen MR) is 91.8 cm³/mol. The van der Waals surface area contributed by atoms with Crippen LogP contribution in [0.5, 0.6) is 0 Å². The molecule has 112 valence electrons. The van der Waals surface area contributed by atoms with Crippen molar-refractivity contribution in [3.8, 4) is 0 Å². The van der Waals surface area contributed by atoms with Crippen molar-refractivity contribution in [2.75, 3.05) is 0 Å². The topological polar surface area (TPSA) is 0 Å². The highest BCUT2D eigenvalue weighted by Gasteiger charge is 2.12. The summed E-state index contributed by atoms with van der Waals surface area (Å²) in [5.74, 6) is 1.53. The van der Waals surface area contributed by atoms with E-state index in [-0.39, 0.29) is 0 Å². The average Bonchev–Trinajstić information content (AvgIpc) is 2.40. The van der Waals surface area contributed by atoms with Crippen LogP contribution < -0.4 is 0 Å². The van der Waals surface area contributed by atoms with Crippen LogP contribution >= 0.6 is 0 Å². The molecule has 0 bridgehead atoms. The molecule has 0 heterocycles. The molecule has 2 atom stereocenters. The van der Waals surface area contributed by atoms with Crippen molar-refractivity contribution >= 4 is 0 Å². The van der Waals surface area contributed by atoms with Gasteiger partial charge in [-0.05, 0) is 78.1 Å². The van der Waals surface area contributed by atoms with E-state index in [9.17, 15) is 0 Å². The van der Waals surface area contributed by atoms with Gasteiger partial charge < -0.3 is 0 Å². The molecule has 0 aromatic heterocycles. The molecule has 2 aliphatic carbocycles. The smallest absolute Gasteiger partial charge is 0.0171 e. The van der Waals surface area contributed by atoms with Crippen molar-refractivity contribution in [1.29, 1.82) is 0 Å². The number of hydrogen-bond acceptors (Lipinski definition) is 0. The zero-order chi connectivity index (χ0) is 15.1. The third kappa shape index (κ3) is 5.94. The van der Waals surface area contributed by atoms with Crippen molar-refractivity contribution in [2.24, 2.45) is 11.8 Å². The maximum absolute atomic E-state index is 3.97. The number of hydrogen-bond donors (Lipinski definition) is 0. The van der Waals surface area contributed by atoms with Gasteiger partial charge in [-0.15, -0.1) is 0 Å². The molecule has 0 unspecified atom stereocenters. The Labute approximate surface area is 126 Å². The van der Waals surface area contributed by atoms with E-state index in [4.69, 9.17) is 0 Å². The fourth-order valence-corrected chi connectivity index (χ4v) is 2.83. The molecule has 20 heavy (non-hydrogen) atoms. The lowest BCUT2D eigenvalue weighted by Crippen LogP contribution is -2.04. The first-order valence-electron chi connectivity index (χ1n) is 8.02. The fraction of sp³-hybridized carbons (Fsp3) is 0.600. The molecule has 0 radical (unpaired) electrons. The lowest BCUT2D eigenvalue weighted by molar-refractivity contribution is 0.540. The molecule has 0 nitrogen and oxygen atoms in total. The predicted octanol–water partition coefficient (Wildman–Crippen LogP) is 6.62. The summed E-state index contributed by atoms with van der Waals surface area (Å²) in [7, 11) is 0. The van der Waals surface area contributed by atoms with Crippen LogP contribution in [0.25, 0.3) is 0 Å². The molecule has 0 fully saturated rings. The summed E-state index contributed by atoms with van der Waals surface area (Å²) < 4.78 is 0. The minimum atomic E-state index is 0.767. The van der Waals surface area contributed by atoms with Crippen LogP contribution in [-0.4, -0.2) is 0 Å². The molecular weight excluding hydrogens is 240 g/mol. The summed E-state index contributed by atoms with van der Waals surface area (Å²) in [4.78, 5) is 0. The molecule has 2 rings (SSSR count). The fourth-order valence-electron chi connectivity index (χ4n) is 2.83. The van der Waals surface area contributed by atoms with Crippen LogP contribution in [0, 0.1) is 11.8 Å². The van der Waals surface area contributed by atoms with E-state index in [0.29, 0.717) is 0 Å².